The first kappa shape index (κ1) is 19.2. The van der Waals surface area contributed by atoms with Gasteiger partial charge in [0.25, 0.3) is 0 Å². The van der Waals surface area contributed by atoms with Gasteiger partial charge in [0.05, 0.1) is 0 Å². The Labute approximate surface area is 170 Å². The molecule has 0 atom stereocenters. The van der Waals surface area contributed by atoms with Crippen molar-refractivity contribution in [2.45, 2.75) is 39.0 Å². The second-order valence-electron chi connectivity index (χ2n) is 7.90. The molecule has 0 amide bonds. The third-order valence-electron chi connectivity index (χ3n) is 5.64. The number of carbonyl (C=O) groups is 1. The van der Waals surface area contributed by atoms with Gasteiger partial charge in [0, 0.05) is 11.1 Å². The van der Waals surface area contributed by atoms with E-state index in [-0.39, 0.29) is 5.69 Å². The molecule has 0 radical (unpaired) electrons. The number of benzene rings is 2. The van der Waals surface area contributed by atoms with Crippen LogP contribution >= 0.6 is 0 Å². The highest BCUT2D eigenvalue weighted by atomic mass is 16.5. The molecule has 0 aliphatic heterocycles. The van der Waals surface area contributed by atoms with E-state index in [0.717, 1.165) is 39.8 Å². The highest BCUT2D eigenvalue weighted by molar-refractivity contribution is 5.94. The number of allylic oxidation sites excluding steroid dienone is 1. The molecule has 0 unspecified atom stereocenters. The molecule has 4 rings (SSSR count). The number of ether oxygens (including phenoxy) is 1. The summed E-state index contributed by atoms with van der Waals surface area (Å²) >= 11 is 0. The van der Waals surface area contributed by atoms with Gasteiger partial charge < -0.3 is 9.84 Å². The number of hydrogen-bond donors (Lipinski definition) is 1. The Morgan fingerprint density at radius 1 is 1.10 bits per heavy atom. The van der Waals surface area contributed by atoms with Crippen molar-refractivity contribution in [3.05, 3.63) is 72.1 Å². The lowest BCUT2D eigenvalue weighted by Gasteiger charge is -2.13. The lowest BCUT2D eigenvalue weighted by Crippen LogP contribution is -2.07. The number of pyridine rings is 1. The number of rotatable bonds is 6. The third-order valence-corrected chi connectivity index (χ3v) is 5.64. The number of fused-ring (bicyclic) bond motifs is 1. The zero-order valence-corrected chi connectivity index (χ0v) is 16.6. The summed E-state index contributed by atoms with van der Waals surface area (Å²) in [5.41, 5.74) is 3.05. The van der Waals surface area contributed by atoms with Crippen molar-refractivity contribution in [1.82, 2.24) is 4.98 Å². The average molecular weight is 387 g/mol. The van der Waals surface area contributed by atoms with Crippen molar-refractivity contribution < 1.29 is 14.6 Å². The molecule has 2 aromatic carbocycles. The number of hydrogen-bond acceptors (Lipinski definition) is 3. The molecule has 0 saturated heterocycles. The Kier molecular flexibility index (Phi) is 5.34. The highest BCUT2D eigenvalue weighted by Crippen LogP contribution is 2.32. The summed E-state index contributed by atoms with van der Waals surface area (Å²) in [6.07, 6.45) is 5.73. The van der Waals surface area contributed by atoms with E-state index in [4.69, 9.17) is 4.74 Å². The van der Waals surface area contributed by atoms with E-state index in [0.29, 0.717) is 11.7 Å². The van der Waals surface area contributed by atoms with E-state index in [1.807, 2.05) is 49.4 Å². The van der Waals surface area contributed by atoms with E-state index in [2.05, 4.69) is 11.6 Å². The summed E-state index contributed by atoms with van der Waals surface area (Å²) in [5.74, 6) is 1.00. The maximum Gasteiger partial charge on any atom is 0.354 e. The molecule has 1 aromatic heterocycles. The molecule has 29 heavy (non-hydrogen) atoms. The monoisotopic (exact) mass is 387 g/mol. The van der Waals surface area contributed by atoms with Crippen molar-refractivity contribution >= 4 is 22.3 Å². The second-order valence-corrected chi connectivity index (χ2v) is 7.90. The van der Waals surface area contributed by atoms with Gasteiger partial charge in [-0.3, -0.25) is 0 Å². The number of aromatic carboxylic acids is 1. The third kappa shape index (κ3) is 4.32. The topological polar surface area (TPSA) is 59.4 Å². The highest BCUT2D eigenvalue weighted by Gasteiger charge is 2.19. The number of aromatic nitrogens is 1. The van der Waals surface area contributed by atoms with E-state index in [9.17, 15) is 9.90 Å². The molecule has 148 valence electrons. The van der Waals surface area contributed by atoms with Gasteiger partial charge in [-0.25, -0.2) is 9.78 Å². The minimum atomic E-state index is -0.999. The summed E-state index contributed by atoms with van der Waals surface area (Å²) in [6.45, 7) is 5.91. The molecule has 1 aliphatic rings. The van der Waals surface area contributed by atoms with Crippen LogP contribution in [-0.2, 0) is 6.42 Å². The zero-order chi connectivity index (χ0) is 20.4. The largest absolute Gasteiger partial charge is 0.477 e. The Balaban J connectivity index is 1.66. The first-order valence-corrected chi connectivity index (χ1v) is 10.1. The van der Waals surface area contributed by atoms with Crippen LogP contribution in [0.1, 0.15) is 54.4 Å². The normalized spacial score (nSPS) is 14.2. The number of nitrogens with zero attached hydrogens (tertiary/aromatic N) is 1. The van der Waals surface area contributed by atoms with Gasteiger partial charge in [-0.15, -0.1) is 0 Å². The zero-order valence-electron chi connectivity index (χ0n) is 16.6. The molecular formula is C25H25NO3. The summed E-state index contributed by atoms with van der Waals surface area (Å²) in [4.78, 5) is 16.1. The summed E-state index contributed by atoms with van der Waals surface area (Å²) in [7, 11) is 0. The van der Waals surface area contributed by atoms with Crippen molar-refractivity contribution in [2.24, 2.45) is 5.92 Å². The maximum atomic E-state index is 11.6. The van der Waals surface area contributed by atoms with Gasteiger partial charge in [-0.2, -0.15) is 0 Å². The molecule has 1 saturated carbocycles. The average Bonchev–Trinajstić information content (AvgIpc) is 3.21. The fraction of sp³-hybridized carbons (Fsp3) is 0.280. The quantitative estimate of drug-likeness (QED) is 0.525. The molecule has 1 heterocycles. The van der Waals surface area contributed by atoms with Gasteiger partial charge in [-0.05, 0) is 66.6 Å². The SMILES string of the molecule is C=C(C)c1ccc(Oc2ccc3c(CC4CCCC4)nc(C(=O)O)cc3c2)cc1. The second kappa shape index (κ2) is 8.08. The molecular weight excluding hydrogens is 362 g/mol. The summed E-state index contributed by atoms with van der Waals surface area (Å²) < 4.78 is 6.00. The van der Waals surface area contributed by atoms with Crippen molar-refractivity contribution in [1.29, 1.82) is 0 Å². The Bertz CT molecular complexity index is 1060. The smallest absolute Gasteiger partial charge is 0.354 e. The Hall–Kier alpha value is -3.14. The minimum Gasteiger partial charge on any atom is -0.477 e. The van der Waals surface area contributed by atoms with Crippen LogP contribution in [0, 0.1) is 5.92 Å². The van der Waals surface area contributed by atoms with Gasteiger partial charge in [0.15, 0.2) is 0 Å². The van der Waals surface area contributed by atoms with E-state index in [1.165, 1.54) is 25.7 Å². The van der Waals surface area contributed by atoms with Crippen LogP contribution in [-0.4, -0.2) is 16.1 Å². The van der Waals surface area contributed by atoms with E-state index in [1.54, 1.807) is 6.07 Å². The van der Waals surface area contributed by atoms with Gasteiger partial charge in [0.1, 0.15) is 17.2 Å². The molecule has 1 N–H and O–H groups in total. The van der Waals surface area contributed by atoms with Crippen molar-refractivity contribution in [3.63, 3.8) is 0 Å². The minimum absolute atomic E-state index is 0.0912. The standard InChI is InChI=1S/C25H25NO3/c1-16(2)18-7-9-20(10-8-18)29-21-11-12-22-19(14-21)15-24(25(27)28)26-23(22)13-17-5-3-4-6-17/h7-12,14-15,17H,1,3-6,13H2,2H3,(H,27,28). The van der Waals surface area contributed by atoms with Crippen LogP contribution < -0.4 is 4.74 Å². The molecule has 0 spiro atoms. The predicted octanol–water partition coefficient (Wildman–Crippen LogP) is 6.49. The predicted molar refractivity (Wildman–Crippen MR) is 116 cm³/mol. The Morgan fingerprint density at radius 3 is 2.45 bits per heavy atom. The molecule has 0 bridgehead atoms. The first-order valence-electron chi connectivity index (χ1n) is 10.1. The maximum absolute atomic E-state index is 11.6. The molecule has 4 heteroatoms. The summed E-state index contributed by atoms with van der Waals surface area (Å²) in [5, 5.41) is 11.4. The number of carboxylic acids is 1. The van der Waals surface area contributed by atoms with Crippen LogP contribution in [0.15, 0.2) is 55.1 Å². The fourth-order valence-electron chi connectivity index (χ4n) is 4.07. The van der Waals surface area contributed by atoms with Gasteiger partial charge >= 0.3 is 5.97 Å². The van der Waals surface area contributed by atoms with Crippen LogP contribution in [0.2, 0.25) is 0 Å². The Morgan fingerprint density at radius 2 is 1.79 bits per heavy atom. The van der Waals surface area contributed by atoms with Crippen LogP contribution in [0.5, 0.6) is 11.5 Å². The molecule has 1 aliphatic carbocycles. The van der Waals surface area contributed by atoms with Crippen LogP contribution in [0.4, 0.5) is 0 Å². The number of carboxylic acid groups (broad SMARTS) is 1. The van der Waals surface area contributed by atoms with Crippen molar-refractivity contribution in [2.75, 3.05) is 0 Å². The fourth-order valence-corrected chi connectivity index (χ4v) is 4.07. The summed E-state index contributed by atoms with van der Waals surface area (Å²) in [6, 6.07) is 15.2. The van der Waals surface area contributed by atoms with E-state index < -0.39 is 5.97 Å². The first-order chi connectivity index (χ1) is 14.0. The lowest BCUT2D eigenvalue weighted by molar-refractivity contribution is 0.0690. The van der Waals surface area contributed by atoms with Crippen molar-refractivity contribution in [3.8, 4) is 11.5 Å². The lowest BCUT2D eigenvalue weighted by atomic mass is 9.97. The van der Waals surface area contributed by atoms with Gasteiger partial charge in [-0.1, -0.05) is 50.0 Å². The molecule has 4 nitrogen and oxygen atoms in total. The van der Waals surface area contributed by atoms with Crippen LogP contribution in [0.25, 0.3) is 16.3 Å². The molecule has 1 fully saturated rings. The van der Waals surface area contributed by atoms with E-state index >= 15 is 0 Å². The molecule has 3 aromatic rings. The van der Waals surface area contributed by atoms with Crippen LogP contribution in [0.3, 0.4) is 0 Å². The van der Waals surface area contributed by atoms with Gasteiger partial charge in [0.2, 0.25) is 0 Å².